The van der Waals surface area contributed by atoms with E-state index in [1.54, 1.807) is 18.6 Å². The number of aromatic nitrogens is 3. The third-order valence-corrected chi connectivity index (χ3v) is 4.43. The minimum Gasteiger partial charge on any atom is -0.435 e. The molecule has 3 heterocycles. The number of pyridine rings is 1. The fourth-order valence-corrected chi connectivity index (χ4v) is 3.07. The molecule has 0 N–H and O–H groups in total. The molecule has 0 radical (unpaired) electrons. The van der Waals surface area contributed by atoms with Crippen molar-refractivity contribution < 1.29 is 4.74 Å². The predicted octanol–water partition coefficient (Wildman–Crippen LogP) is 3.56. The smallest absolute Gasteiger partial charge is 0.241 e. The molecule has 5 nitrogen and oxygen atoms in total. The topological polar surface area (TPSA) is 51.1 Å². The number of hydrogen-bond acceptors (Lipinski definition) is 5. The van der Waals surface area contributed by atoms with E-state index in [2.05, 4.69) is 33.7 Å². The van der Waals surface area contributed by atoms with Crippen LogP contribution in [0.3, 0.4) is 0 Å². The molecule has 1 aliphatic heterocycles. The summed E-state index contributed by atoms with van der Waals surface area (Å²) in [6.45, 7) is 8.60. The Hall–Kier alpha value is -2.01. The average Bonchev–Trinajstić information content (AvgIpc) is 2.57. The Balaban J connectivity index is 1.85. The quantitative estimate of drug-likeness (QED) is 0.864. The van der Waals surface area contributed by atoms with Crippen LogP contribution < -0.4 is 4.74 Å². The van der Waals surface area contributed by atoms with Gasteiger partial charge in [0, 0.05) is 37.1 Å². The molecule has 1 aliphatic rings. The van der Waals surface area contributed by atoms with Crippen LogP contribution in [0.25, 0.3) is 0 Å². The summed E-state index contributed by atoms with van der Waals surface area (Å²) < 4.78 is 6.03. The molecule has 0 spiro atoms. The van der Waals surface area contributed by atoms with Gasteiger partial charge in [-0.05, 0) is 52.3 Å². The van der Waals surface area contributed by atoms with Crippen LogP contribution >= 0.6 is 0 Å². The normalized spacial score (nSPS) is 19.0. The molecule has 3 rings (SSSR count). The van der Waals surface area contributed by atoms with Crippen molar-refractivity contribution in [3.05, 3.63) is 42.1 Å². The van der Waals surface area contributed by atoms with Crippen LogP contribution in [0.15, 0.2) is 30.7 Å². The summed E-state index contributed by atoms with van der Waals surface area (Å²) in [4.78, 5) is 15.8. The number of nitrogens with zero attached hydrogens (tertiary/aromatic N) is 4. The fraction of sp³-hybridized carbons (Fsp3) is 0.500. The Morgan fingerprint density at radius 1 is 1.17 bits per heavy atom. The molecule has 5 heteroatoms. The highest BCUT2D eigenvalue weighted by Gasteiger charge is 2.27. The summed E-state index contributed by atoms with van der Waals surface area (Å²) in [5.41, 5.74) is 1.82. The van der Waals surface area contributed by atoms with Gasteiger partial charge in [-0.25, -0.2) is 4.98 Å². The van der Waals surface area contributed by atoms with Crippen molar-refractivity contribution in [1.82, 2.24) is 19.9 Å². The summed E-state index contributed by atoms with van der Waals surface area (Å²) >= 11 is 0. The molecule has 0 saturated carbocycles. The van der Waals surface area contributed by atoms with Crippen LogP contribution in [-0.2, 0) is 0 Å². The Labute approximate surface area is 137 Å². The van der Waals surface area contributed by atoms with E-state index in [-0.39, 0.29) is 0 Å². The summed E-state index contributed by atoms with van der Waals surface area (Å²) in [6, 6.07) is 4.35. The molecule has 23 heavy (non-hydrogen) atoms. The minimum atomic E-state index is 0.367. The number of piperidine rings is 1. The third kappa shape index (κ3) is 3.67. The Morgan fingerprint density at radius 2 is 2.00 bits per heavy atom. The van der Waals surface area contributed by atoms with Crippen molar-refractivity contribution in [2.75, 3.05) is 13.1 Å². The van der Waals surface area contributed by atoms with Crippen LogP contribution in [0.2, 0.25) is 0 Å². The second kappa shape index (κ2) is 7.04. The van der Waals surface area contributed by atoms with Crippen LogP contribution in [-0.4, -0.2) is 39.0 Å². The molecule has 1 atom stereocenters. The van der Waals surface area contributed by atoms with E-state index in [9.17, 15) is 0 Å². The van der Waals surface area contributed by atoms with Crippen molar-refractivity contribution in [2.24, 2.45) is 0 Å². The molecule has 0 unspecified atom stereocenters. The zero-order valence-electron chi connectivity index (χ0n) is 14.1. The zero-order chi connectivity index (χ0) is 16.2. The van der Waals surface area contributed by atoms with Gasteiger partial charge in [0.2, 0.25) is 5.88 Å². The van der Waals surface area contributed by atoms with E-state index < -0.39 is 0 Å². The number of rotatable bonds is 4. The van der Waals surface area contributed by atoms with E-state index >= 15 is 0 Å². The van der Waals surface area contributed by atoms with Crippen molar-refractivity contribution in [1.29, 1.82) is 0 Å². The SMILES string of the molecule is Cc1ncccc1Oc1nccnc1[C@@H]1CCCN(C(C)C)C1. The lowest BCUT2D eigenvalue weighted by molar-refractivity contribution is 0.165. The van der Waals surface area contributed by atoms with Crippen LogP contribution in [0.4, 0.5) is 0 Å². The van der Waals surface area contributed by atoms with Gasteiger partial charge in [-0.2, -0.15) is 0 Å². The highest BCUT2D eigenvalue weighted by molar-refractivity contribution is 5.33. The highest BCUT2D eigenvalue weighted by atomic mass is 16.5. The van der Waals surface area contributed by atoms with E-state index in [1.165, 1.54) is 6.42 Å². The number of likely N-dealkylation sites (tertiary alicyclic amines) is 1. The Morgan fingerprint density at radius 3 is 2.78 bits per heavy atom. The highest BCUT2D eigenvalue weighted by Crippen LogP contribution is 2.33. The van der Waals surface area contributed by atoms with Gasteiger partial charge in [0.15, 0.2) is 5.75 Å². The first kappa shape index (κ1) is 15.9. The summed E-state index contributed by atoms with van der Waals surface area (Å²) in [5, 5.41) is 0. The average molecular weight is 312 g/mol. The maximum atomic E-state index is 6.03. The molecular weight excluding hydrogens is 288 g/mol. The summed E-state index contributed by atoms with van der Waals surface area (Å²) in [5.74, 6) is 1.72. The molecule has 1 saturated heterocycles. The van der Waals surface area contributed by atoms with Gasteiger partial charge < -0.3 is 9.64 Å². The van der Waals surface area contributed by atoms with E-state index in [4.69, 9.17) is 4.74 Å². The minimum absolute atomic E-state index is 0.367. The summed E-state index contributed by atoms with van der Waals surface area (Å²) in [6.07, 6.45) is 7.52. The number of hydrogen-bond donors (Lipinski definition) is 0. The van der Waals surface area contributed by atoms with Crippen LogP contribution in [0.5, 0.6) is 11.6 Å². The molecule has 0 amide bonds. The molecule has 2 aromatic heterocycles. The first-order valence-electron chi connectivity index (χ1n) is 8.29. The lowest BCUT2D eigenvalue weighted by Crippen LogP contribution is -2.39. The van der Waals surface area contributed by atoms with E-state index in [1.807, 2.05) is 19.1 Å². The van der Waals surface area contributed by atoms with E-state index in [0.29, 0.717) is 17.8 Å². The molecule has 1 fully saturated rings. The maximum Gasteiger partial charge on any atom is 0.241 e. The number of aryl methyl sites for hydroxylation is 1. The van der Waals surface area contributed by atoms with Crippen molar-refractivity contribution in [3.63, 3.8) is 0 Å². The lowest BCUT2D eigenvalue weighted by Gasteiger charge is -2.35. The molecule has 0 aromatic carbocycles. The monoisotopic (exact) mass is 312 g/mol. The van der Waals surface area contributed by atoms with Crippen molar-refractivity contribution in [3.8, 4) is 11.6 Å². The zero-order valence-corrected chi connectivity index (χ0v) is 14.1. The second-order valence-corrected chi connectivity index (χ2v) is 6.36. The van der Waals surface area contributed by atoms with Gasteiger partial charge >= 0.3 is 0 Å². The predicted molar refractivity (Wildman–Crippen MR) is 89.8 cm³/mol. The van der Waals surface area contributed by atoms with E-state index in [0.717, 1.165) is 36.6 Å². The van der Waals surface area contributed by atoms with Crippen LogP contribution in [0.1, 0.15) is 44.0 Å². The maximum absolute atomic E-state index is 6.03. The van der Waals surface area contributed by atoms with Gasteiger partial charge in [-0.3, -0.25) is 9.97 Å². The fourth-order valence-electron chi connectivity index (χ4n) is 3.07. The first-order chi connectivity index (χ1) is 11.1. The standard InChI is InChI=1S/C18H24N4O/c1-13(2)22-11-5-6-15(12-22)17-18(21-10-9-20-17)23-16-7-4-8-19-14(16)3/h4,7-10,13,15H,5-6,11-12H2,1-3H3/t15-/m1/s1. The molecule has 0 bridgehead atoms. The Kier molecular flexibility index (Phi) is 4.86. The first-order valence-corrected chi connectivity index (χ1v) is 8.29. The summed E-state index contributed by atoms with van der Waals surface area (Å²) in [7, 11) is 0. The third-order valence-electron chi connectivity index (χ3n) is 4.43. The number of ether oxygens (including phenoxy) is 1. The molecule has 0 aliphatic carbocycles. The van der Waals surface area contributed by atoms with Crippen molar-refractivity contribution >= 4 is 0 Å². The van der Waals surface area contributed by atoms with Gasteiger partial charge in [0.25, 0.3) is 0 Å². The lowest BCUT2D eigenvalue weighted by atomic mass is 9.94. The molecule has 122 valence electrons. The van der Waals surface area contributed by atoms with Gasteiger partial charge in [-0.15, -0.1) is 0 Å². The second-order valence-electron chi connectivity index (χ2n) is 6.36. The van der Waals surface area contributed by atoms with Gasteiger partial charge in [-0.1, -0.05) is 0 Å². The van der Waals surface area contributed by atoms with Gasteiger partial charge in [0.1, 0.15) is 5.69 Å². The molecular formula is C18H24N4O. The van der Waals surface area contributed by atoms with Crippen LogP contribution in [0, 0.1) is 6.92 Å². The van der Waals surface area contributed by atoms with Gasteiger partial charge in [0.05, 0.1) is 5.69 Å². The van der Waals surface area contributed by atoms with Crippen molar-refractivity contribution in [2.45, 2.75) is 45.6 Å². The largest absolute Gasteiger partial charge is 0.435 e. The molecule has 2 aromatic rings. The Bertz CT molecular complexity index is 659.